The van der Waals surface area contributed by atoms with E-state index in [1.54, 1.807) is 26.3 Å². The summed E-state index contributed by atoms with van der Waals surface area (Å²) in [7, 11) is 6.53. The first-order chi connectivity index (χ1) is 21.6. The van der Waals surface area contributed by atoms with Gasteiger partial charge in [0.25, 0.3) is 11.8 Å². The number of nitrogens with one attached hydrogen (secondary N) is 2. The lowest BCUT2D eigenvalue weighted by molar-refractivity contribution is -0.139. The van der Waals surface area contributed by atoms with Crippen LogP contribution in [0.15, 0.2) is 36.5 Å². The summed E-state index contributed by atoms with van der Waals surface area (Å²) in [6.07, 6.45) is -3.81. The van der Waals surface area contributed by atoms with Gasteiger partial charge in [-0.15, -0.1) is 0 Å². The minimum absolute atomic E-state index is 0.0520. The summed E-state index contributed by atoms with van der Waals surface area (Å²) in [6, 6.07) is 7.30. The molecular formula is C31H34ClF3N6O5. The molecule has 2 N–H and O–H groups in total. The quantitative estimate of drug-likeness (QED) is 0.324. The average molecular weight is 663 g/mol. The highest BCUT2D eigenvalue weighted by atomic mass is 35.5. The summed E-state index contributed by atoms with van der Waals surface area (Å²) in [5.41, 5.74) is -0.872. The molecule has 15 heteroatoms. The average Bonchev–Trinajstić information content (AvgIpc) is 3.17. The Morgan fingerprint density at radius 2 is 1.89 bits per heavy atom. The van der Waals surface area contributed by atoms with Gasteiger partial charge in [0.15, 0.2) is 0 Å². The predicted molar refractivity (Wildman–Crippen MR) is 164 cm³/mol. The molecule has 0 unspecified atom stereocenters. The molecule has 2 amide bonds. The van der Waals surface area contributed by atoms with Gasteiger partial charge in [0.1, 0.15) is 17.1 Å². The van der Waals surface area contributed by atoms with E-state index in [2.05, 4.69) is 25.5 Å². The highest BCUT2D eigenvalue weighted by Gasteiger charge is 2.43. The van der Waals surface area contributed by atoms with Crippen LogP contribution in [-0.2, 0) is 16.5 Å². The monoisotopic (exact) mass is 662 g/mol. The normalized spacial score (nSPS) is 19.5. The number of benzene rings is 2. The van der Waals surface area contributed by atoms with E-state index in [9.17, 15) is 22.8 Å². The SMILES string of the molecule is COc1cc(C(=O)N[C@H]2CCN(C)C[C@H]2OC)c(Cl)cc1Nc1ncc(C(F)(F)F)c(Oc2cccc3c2C(=O)N(C)C3(C)C)n1. The Morgan fingerprint density at radius 3 is 2.57 bits per heavy atom. The van der Waals surface area contributed by atoms with Gasteiger partial charge in [-0.1, -0.05) is 23.7 Å². The van der Waals surface area contributed by atoms with Crippen molar-refractivity contribution in [3.05, 3.63) is 63.8 Å². The fourth-order valence-electron chi connectivity index (χ4n) is 5.59. The zero-order valence-corrected chi connectivity index (χ0v) is 26.8. The second-order valence-electron chi connectivity index (χ2n) is 11.7. The van der Waals surface area contributed by atoms with E-state index in [0.717, 1.165) is 6.54 Å². The molecule has 1 fully saturated rings. The van der Waals surface area contributed by atoms with Crippen molar-refractivity contribution in [2.24, 2.45) is 0 Å². The topological polar surface area (TPSA) is 118 Å². The Balaban J connectivity index is 1.44. The number of likely N-dealkylation sites (N-methyl/N-ethyl adjacent to an activating group) is 1. The van der Waals surface area contributed by atoms with E-state index in [-0.39, 0.29) is 51.4 Å². The van der Waals surface area contributed by atoms with Gasteiger partial charge in [0.2, 0.25) is 11.8 Å². The van der Waals surface area contributed by atoms with Crippen LogP contribution >= 0.6 is 11.6 Å². The van der Waals surface area contributed by atoms with E-state index < -0.39 is 35.0 Å². The molecule has 5 rings (SSSR count). The number of rotatable bonds is 8. The van der Waals surface area contributed by atoms with Crippen LogP contribution in [0.5, 0.6) is 17.4 Å². The third-order valence-corrected chi connectivity index (χ3v) is 8.78. The molecule has 2 atom stereocenters. The van der Waals surface area contributed by atoms with Crippen LogP contribution < -0.4 is 20.1 Å². The maximum atomic E-state index is 14.0. The molecule has 2 aliphatic rings. The molecule has 1 saturated heterocycles. The molecule has 0 aliphatic carbocycles. The van der Waals surface area contributed by atoms with Gasteiger partial charge in [0, 0.05) is 26.9 Å². The molecule has 46 heavy (non-hydrogen) atoms. The first-order valence-electron chi connectivity index (χ1n) is 14.4. The number of ether oxygens (including phenoxy) is 3. The molecule has 0 spiro atoms. The molecule has 246 valence electrons. The van der Waals surface area contributed by atoms with Crippen molar-refractivity contribution in [2.75, 3.05) is 46.7 Å². The van der Waals surface area contributed by atoms with Crippen LogP contribution in [0.2, 0.25) is 5.02 Å². The van der Waals surface area contributed by atoms with Crippen molar-refractivity contribution in [3.8, 4) is 17.4 Å². The Hall–Kier alpha value is -4.14. The summed E-state index contributed by atoms with van der Waals surface area (Å²) in [4.78, 5) is 37.7. The number of nitrogens with zero attached hydrogens (tertiary/aromatic N) is 4. The second kappa shape index (κ2) is 12.6. The number of piperidine rings is 1. The van der Waals surface area contributed by atoms with Gasteiger partial charge in [0.05, 0.1) is 46.6 Å². The van der Waals surface area contributed by atoms with E-state index in [4.69, 9.17) is 25.8 Å². The minimum atomic E-state index is -4.86. The molecule has 3 heterocycles. The number of likely N-dealkylation sites (tertiary alicyclic amines) is 1. The standard InChI is InChI=1S/C31H34ClF3N6O5/c1-30(2)17-8-7-9-22(25(17)28(43)41(30)4)46-27-18(31(33,34)35)14-36-29(39-27)38-21-13-19(32)16(12-23(21)44-5)26(42)37-20-10-11-40(3)15-24(20)45-6/h7-9,12-14,20,24H,10-11,15H2,1-6H3,(H,37,42)(H,36,38,39)/t20-,24+/m0/s1. The molecule has 0 saturated carbocycles. The number of carbonyl (C=O) groups excluding carboxylic acids is 2. The van der Waals surface area contributed by atoms with Gasteiger partial charge >= 0.3 is 6.18 Å². The van der Waals surface area contributed by atoms with Crippen LogP contribution in [0.1, 0.15) is 52.1 Å². The lowest BCUT2D eigenvalue weighted by Crippen LogP contribution is -2.53. The summed E-state index contributed by atoms with van der Waals surface area (Å²) in [6.45, 7) is 5.08. The number of anilines is 2. The van der Waals surface area contributed by atoms with Crippen molar-refractivity contribution < 1.29 is 37.0 Å². The van der Waals surface area contributed by atoms with Gasteiger partial charge < -0.3 is 34.6 Å². The second-order valence-corrected chi connectivity index (χ2v) is 12.1. The number of hydrogen-bond donors (Lipinski definition) is 2. The van der Waals surface area contributed by atoms with E-state index in [1.165, 1.54) is 30.2 Å². The third kappa shape index (κ3) is 6.29. The highest BCUT2D eigenvalue weighted by Crippen LogP contribution is 2.44. The van der Waals surface area contributed by atoms with Crippen LogP contribution in [0.25, 0.3) is 0 Å². The first-order valence-corrected chi connectivity index (χ1v) is 14.7. The molecule has 0 bridgehead atoms. The summed E-state index contributed by atoms with van der Waals surface area (Å²) in [5, 5.41) is 5.83. The number of hydrogen-bond acceptors (Lipinski definition) is 9. The summed E-state index contributed by atoms with van der Waals surface area (Å²) < 4.78 is 58.8. The lowest BCUT2D eigenvalue weighted by atomic mass is 9.94. The number of fused-ring (bicyclic) bond motifs is 1. The van der Waals surface area contributed by atoms with E-state index in [0.29, 0.717) is 24.7 Å². The molecule has 3 aromatic rings. The van der Waals surface area contributed by atoms with Gasteiger partial charge in [-0.2, -0.15) is 18.2 Å². The molecule has 1 aromatic heterocycles. The lowest BCUT2D eigenvalue weighted by Gasteiger charge is -2.36. The van der Waals surface area contributed by atoms with Crippen molar-refractivity contribution >= 4 is 35.1 Å². The Labute approximate surface area is 269 Å². The predicted octanol–water partition coefficient (Wildman–Crippen LogP) is 5.46. The molecular weight excluding hydrogens is 629 g/mol. The fourth-order valence-corrected chi connectivity index (χ4v) is 5.84. The summed E-state index contributed by atoms with van der Waals surface area (Å²) in [5.74, 6) is -1.85. The van der Waals surface area contributed by atoms with Crippen molar-refractivity contribution in [2.45, 2.75) is 44.1 Å². The van der Waals surface area contributed by atoms with Crippen LogP contribution in [-0.4, -0.2) is 85.1 Å². The number of aromatic nitrogens is 2. The molecule has 2 aliphatic heterocycles. The van der Waals surface area contributed by atoms with E-state index >= 15 is 0 Å². The first kappa shape index (κ1) is 33.2. The van der Waals surface area contributed by atoms with Crippen LogP contribution in [0.3, 0.4) is 0 Å². The number of methoxy groups -OCH3 is 2. The van der Waals surface area contributed by atoms with Crippen molar-refractivity contribution in [1.29, 1.82) is 0 Å². The number of halogens is 4. The Kier molecular flexibility index (Phi) is 9.08. The van der Waals surface area contributed by atoms with Crippen molar-refractivity contribution in [1.82, 2.24) is 25.1 Å². The number of alkyl halides is 3. The van der Waals surface area contributed by atoms with Crippen LogP contribution in [0.4, 0.5) is 24.8 Å². The molecule has 11 nitrogen and oxygen atoms in total. The maximum absolute atomic E-state index is 14.0. The maximum Gasteiger partial charge on any atom is 0.423 e. The number of carbonyl (C=O) groups is 2. The molecule has 0 radical (unpaired) electrons. The van der Waals surface area contributed by atoms with Crippen LogP contribution in [0, 0.1) is 0 Å². The smallest absolute Gasteiger partial charge is 0.423 e. The minimum Gasteiger partial charge on any atom is -0.495 e. The fraction of sp³-hybridized carbons (Fsp3) is 0.419. The summed E-state index contributed by atoms with van der Waals surface area (Å²) >= 11 is 6.51. The molecule has 2 aromatic carbocycles. The number of amides is 2. The van der Waals surface area contributed by atoms with E-state index in [1.807, 2.05) is 20.9 Å². The Morgan fingerprint density at radius 1 is 1.15 bits per heavy atom. The Bertz CT molecular complexity index is 1670. The zero-order chi connectivity index (χ0) is 33.6. The zero-order valence-electron chi connectivity index (χ0n) is 26.1. The highest BCUT2D eigenvalue weighted by molar-refractivity contribution is 6.34. The van der Waals surface area contributed by atoms with Gasteiger partial charge in [-0.3, -0.25) is 9.59 Å². The van der Waals surface area contributed by atoms with Gasteiger partial charge in [-0.05, 0) is 57.6 Å². The van der Waals surface area contributed by atoms with Gasteiger partial charge in [-0.25, -0.2) is 4.98 Å². The van der Waals surface area contributed by atoms with Crippen molar-refractivity contribution in [3.63, 3.8) is 0 Å². The largest absolute Gasteiger partial charge is 0.495 e. The third-order valence-electron chi connectivity index (χ3n) is 8.47.